The lowest BCUT2D eigenvalue weighted by Crippen LogP contribution is -2.50. The zero-order chi connectivity index (χ0) is 25.9. The van der Waals surface area contributed by atoms with Crippen LogP contribution in [0.2, 0.25) is 0 Å². The third kappa shape index (κ3) is 8.31. The topological polar surface area (TPSA) is 73.9 Å². The number of rotatable bonds is 12. The van der Waals surface area contributed by atoms with Gasteiger partial charge in [-0.1, -0.05) is 44.0 Å². The fourth-order valence-electron chi connectivity index (χ4n) is 4.30. The van der Waals surface area contributed by atoms with Crippen LogP contribution in [0.3, 0.4) is 0 Å². The summed E-state index contributed by atoms with van der Waals surface area (Å²) >= 11 is 3.26. The van der Waals surface area contributed by atoms with Crippen LogP contribution in [-0.4, -0.2) is 49.2 Å². The van der Waals surface area contributed by atoms with Gasteiger partial charge in [-0.05, 0) is 47.0 Å². The molecule has 1 atom stereocenters. The molecule has 4 rings (SSSR count). The van der Waals surface area contributed by atoms with Crippen molar-refractivity contribution in [2.24, 2.45) is 0 Å². The highest BCUT2D eigenvalue weighted by Crippen LogP contribution is 2.20. The van der Waals surface area contributed by atoms with Crippen LogP contribution in [0.1, 0.15) is 34.6 Å². The Hall–Kier alpha value is -2.88. The standard InChI is InChI=1S/C28H35N4O3S2/c1-2-3-11-26(27(33)32(20-24-9-5-16-36-24)21-25-10-6-17-37-25)30-28(34)29-19-22-7-4-8-23(18-22)31-12-14-35-15-13-31/h4-10,16-18,26H,1-3,11-15,19-21H2,(H2,29,30,34)/t26-/m0/s1. The summed E-state index contributed by atoms with van der Waals surface area (Å²) in [6, 6.07) is 15.3. The lowest BCUT2D eigenvalue weighted by molar-refractivity contribution is -0.134. The van der Waals surface area contributed by atoms with Gasteiger partial charge >= 0.3 is 6.03 Å². The van der Waals surface area contributed by atoms with E-state index >= 15 is 0 Å². The maximum atomic E-state index is 13.7. The van der Waals surface area contributed by atoms with E-state index in [0.29, 0.717) is 32.5 Å². The van der Waals surface area contributed by atoms with Crippen LogP contribution < -0.4 is 15.5 Å². The first kappa shape index (κ1) is 27.2. The van der Waals surface area contributed by atoms with Crippen molar-refractivity contribution >= 4 is 40.3 Å². The number of morpholine rings is 1. The number of nitrogens with zero attached hydrogens (tertiary/aromatic N) is 2. The van der Waals surface area contributed by atoms with Gasteiger partial charge in [0, 0.05) is 35.1 Å². The Balaban J connectivity index is 1.38. The molecule has 0 saturated carbocycles. The van der Waals surface area contributed by atoms with Crippen molar-refractivity contribution in [3.05, 3.63) is 81.5 Å². The summed E-state index contributed by atoms with van der Waals surface area (Å²) in [7, 11) is 0. The van der Waals surface area contributed by atoms with Gasteiger partial charge in [-0.3, -0.25) is 4.79 Å². The number of carbonyl (C=O) groups excluding carboxylic acids is 2. The minimum atomic E-state index is -0.610. The Morgan fingerprint density at radius 2 is 1.73 bits per heavy atom. The molecule has 1 aromatic carbocycles. The van der Waals surface area contributed by atoms with Crippen molar-refractivity contribution in [2.75, 3.05) is 31.2 Å². The number of hydrogen-bond donors (Lipinski definition) is 2. The van der Waals surface area contributed by atoms with Crippen molar-refractivity contribution in [1.82, 2.24) is 15.5 Å². The predicted molar refractivity (Wildman–Crippen MR) is 151 cm³/mol. The van der Waals surface area contributed by atoms with Gasteiger partial charge in [0.2, 0.25) is 5.91 Å². The summed E-state index contributed by atoms with van der Waals surface area (Å²) in [5, 5.41) is 9.93. The summed E-state index contributed by atoms with van der Waals surface area (Å²) in [6.45, 7) is 8.52. The summed E-state index contributed by atoms with van der Waals surface area (Å²) in [6.07, 6.45) is 2.01. The molecule has 9 heteroatoms. The van der Waals surface area contributed by atoms with E-state index in [2.05, 4.69) is 34.6 Å². The number of benzene rings is 1. The Kier molecular flexibility index (Phi) is 10.4. The molecule has 0 unspecified atom stereocenters. The number of unbranched alkanes of at least 4 members (excludes halogenated alkanes) is 1. The molecule has 2 N–H and O–H groups in total. The molecule has 0 bridgehead atoms. The first-order valence-electron chi connectivity index (χ1n) is 12.7. The van der Waals surface area contributed by atoms with Gasteiger partial charge in [-0.15, -0.1) is 22.7 Å². The lowest BCUT2D eigenvalue weighted by Gasteiger charge is -2.29. The highest BCUT2D eigenvalue weighted by atomic mass is 32.1. The number of nitrogens with one attached hydrogen (secondary N) is 2. The van der Waals surface area contributed by atoms with Crippen molar-refractivity contribution < 1.29 is 14.3 Å². The Bertz CT molecular complexity index is 1060. The van der Waals surface area contributed by atoms with Crippen LogP contribution in [0, 0.1) is 6.92 Å². The SMILES string of the molecule is [CH2]CCC[C@H](NC(=O)NCc1cccc(N2CCOCC2)c1)C(=O)N(Cc1cccs1)Cc1cccs1. The zero-order valence-corrected chi connectivity index (χ0v) is 22.7. The van der Waals surface area contributed by atoms with Crippen LogP contribution in [0.25, 0.3) is 0 Å². The molecule has 1 radical (unpaired) electrons. The molecule has 3 amide bonds. The molecule has 197 valence electrons. The largest absolute Gasteiger partial charge is 0.378 e. The number of ether oxygens (including phenoxy) is 1. The number of amides is 3. The lowest BCUT2D eigenvalue weighted by atomic mass is 10.1. The van der Waals surface area contributed by atoms with E-state index in [1.807, 2.05) is 52.1 Å². The molecule has 1 fully saturated rings. The molecule has 0 spiro atoms. The number of carbonyl (C=O) groups is 2. The van der Waals surface area contributed by atoms with Crippen LogP contribution in [0.15, 0.2) is 59.3 Å². The maximum absolute atomic E-state index is 13.7. The number of hydrogen-bond acceptors (Lipinski definition) is 6. The Morgan fingerprint density at radius 3 is 2.35 bits per heavy atom. The van der Waals surface area contributed by atoms with Crippen molar-refractivity contribution in [3.8, 4) is 0 Å². The van der Waals surface area contributed by atoms with E-state index in [9.17, 15) is 9.59 Å². The molecular formula is C28H35N4O3S2. The second-order valence-corrected chi connectivity index (χ2v) is 11.1. The molecule has 1 aliphatic heterocycles. The molecule has 3 aromatic rings. The van der Waals surface area contributed by atoms with Crippen molar-refractivity contribution in [1.29, 1.82) is 0 Å². The van der Waals surface area contributed by atoms with Crippen LogP contribution in [-0.2, 0) is 29.2 Å². The zero-order valence-electron chi connectivity index (χ0n) is 21.1. The first-order chi connectivity index (χ1) is 18.1. The van der Waals surface area contributed by atoms with E-state index in [0.717, 1.165) is 53.7 Å². The van der Waals surface area contributed by atoms with Gasteiger partial charge in [0.05, 0.1) is 26.3 Å². The highest BCUT2D eigenvalue weighted by Gasteiger charge is 2.26. The van der Waals surface area contributed by atoms with E-state index in [4.69, 9.17) is 4.74 Å². The molecule has 1 saturated heterocycles. The fourth-order valence-corrected chi connectivity index (χ4v) is 5.73. The molecule has 0 aliphatic carbocycles. The molecular weight excluding hydrogens is 504 g/mol. The molecule has 2 aromatic heterocycles. The average Bonchev–Trinajstić information content (AvgIpc) is 3.64. The van der Waals surface area contributed by atoms with Crippen LogP contribution >= 0.6 is 22.7 Å². The maximum Gasteiger partial charge on any atom is 0.315 e. The summed E-state index contributed by atoms with van der Waals surface area (Å²) < 4.78 is 5.45. The second-order valence-electron chi connectivity index (χ2n) is 9.00. The van der Waals surface area contributed by atoms with Gasteiger partial charge in [-0.2, -0.15) is 0 Å². The smallest absolute Gasteiger partial charge is 0.315 e. The summed E-state index contributed by atoms with van der Waals surface area (Å²) in [4.78, 5) is 33.0. The molecule has 7 nitrogen and oxygen atoms in total. The van der Waals surface area contributed by atoms with Gasteiger partial charge in [0.25, 0.3) is 0 Å². The Morgan fingerprint density at radius 1 is 1.03 bits per heavy atom. The first-order valence-corrected chi connectivity index (χ1v) is 14.5. The monoisotopic (exact) mass is 539 g/mol. The van der Waals surface area contributed by atoms with Gasteiger partial charge < -0.3 is 25.2 Å². The van der Waals surface area contributed by atoms with E-state index in [-0.39, 0.29) is 11.9 Å². The summed E-state index contributed by atoms with van der Waals surface area (Å²) in [5.74, 6) is -0.0697. The van der Waals surface area contributed by atoms with Crippen LogP contribution in [0.5, 0.6) is 0 Å². The second kappa shape index (κ2) is 14.2. The number of urea groups is 1. The Labute approximate surface area is 227 Å². The minimum Gasteiger partial charge on any atom is -0.378 e. The van der Waals surface area contributed by atoms with Gasteiger partial charge in [-0.25, -0.2) is 4.79 Å². The normalized spacial score (nSPS) is 14.2. The average molecular weight is 540 g/mol. The minimum absolute atomic E-state index is 0.0697. The van der Waals surface area contributed by atoms with Crippen molar-refractivity contribution in [3.63, 3.8) is 0 Å². The molecule has 1 aliphatic rings. The van der Waals surface area contributed by atoms with Gasteiger partial charge in [0.1, 0.15) is 6.04 Å². The predicted octanol–water partition coefficient (Wildman–Crippen LogP) is 5.05. The number of anilines is 1. The van der Waals surface area contributed by atoms with Gasteiger partial charge in [0.15, 0.2) is 0 Å². The summed E-state index contributed by atoms with van der Waals surface area (Å²) in [5.41, 5.74) is 2.14. The van der Waals surface area contributed by atoms with Crippen LogP contribution in [0.4, 0.5) is 10.5 Å². The number of thiophene rings is 2. The third-order valence-corrected chi connectivity index (χ3v) is 7.97. The quantitative estimate of drug-likeness (QED) is 0.338. The van der Waals surface area contributed by atoms with E-state index in [1.165, 1.54) is 0 Å². The third-order valence-electron chi connectivity index (χ3n) is 6.25. The highest BCUT2D eigenvalue weighted by molar-refractivity contribution is 7.10. The fraction of sp³-hybridized carbons (Fsp3) is 0.393. The molecule has 3 heterocycles. The van der Waals surface area contributed by atoms with E-state index < -0.39 is 6.04 Å². The molecule has 37 heavy (non-hydrogen) atoms. The van der Waals surface area contributed by atoms with E-state index in [1.54, 1.807) is 22.7 Å². The van der Waals surface area contributed by atoms with Crippen molar-refractivity contribution in [2.45, 2.75) is 44.9 Å².